The zero-order chi connectivity index (χ0) is 20.0. The molecular weight excluding hydrogens is 398 g/mol. The maximum absolute atomic E-state index is 14.2. The van der Waals surface area contributed by atoms with Gasteiger partial charge in [0.25, 0.3) is 0 Å². The predicted octanol–water partition coefficient (Wildman–Crippen LogP) is 5.10. The Morgan fingerprint density at radius 3 is 2.54 bits per heavy atom. The fraction of sp³-hybridized carbons (Fsp3) is 0.167. The van der Waals surface area contributed by atoms with Gasteiger partial charge in [0.05, 0.1) is 24.3 Å². The van der Waals surface area contributed by atoms with Crippen LogP contribution in [0.3, 0.4) is 0 Å². The molecule has 0 fully saturated rings. The Morgan fingerprint density at radius 2 is 1.82 bits per heavy atom. The molecule has 4 rings (SSSR count). The van der Waals surface area contributed by atoms with Gasteiger partial charge in [0.2, 0.25) is 5.88 Å². The molecule has 0 saturated heterocycles. The highest BCUT2D eigenvalue weighted by molar-refractivity contribution is 7.22. The zero-order valence-electron chi connectivity index (χ0n) is 14.5. The molecule has 0 amide bonds. The number of hydrogen-bond acceptors (Lipinski definition) is 6. The Hall–Kier alpha value is -3.01. The third kappa shape index (κ3) is 3.09. The van der Waals surface area contributed by atoms with Gasteiger partial charge in [-0.05, 0) is 24.6 Å². The molecule has 0 spiro atoms. The lowest BCUT2D eigenvalue weighted by Gasteiger charge is -2.07. The smallest absolute Gasteiger partial charge is 0.388 e. The number of benzene rings is 2. The Bertz CT molecular complexity index is 1210. The van der Waals surface area contributed by atoms with Crippen LogP contribution in [0.4, 0.5) is 17.6 Å². The summed E-state index contributed by atoms with van der Waals surface area (Å²) < 4.78 is 62.6. The van der Waals surface area contributed by atoms with Gasteiger partial charge in [0, 0.05) is 11.6 Å². The van der Waals surface area contributed by atoms with Crippen molar-refractivity contribution >= 4 is 32.6 Å². The number of rotatable bonds is 4. The van der Waals surface area contributed by atoms with E-state index in [9.17, 15) is 17.6 Å². The highest BCUT2D eigenvalue weighted by atomic mass is 32.1. The third-order valence-electron chi connectivity index (χ3n) is 3.94. The molecule has 4 aromatic rings. The molecule has 5 nitrogen and oxygen atoms in total. The van der Waals surface area contributed by atoms with E-state index in [0.717, 1.165) is 23.1 Å². The fourth-order valence-electron chi connectivity index (χ4n) is 2.85. The minimum absolute atomic E-state index is 0.0291. The second-order valence-electron chi connectivity index (χ2n) is 5.84. The maximum Gasteiger partial charge on any atom is 0.388 e. The summed E-state index contributed by atoms with van der Waals surface area (Å²) in [5, 5.41) is 0.364. The second kappa shape index (κ2) is 6.86. The van der Waals surface area contributed by atoms with Crippen molar-refractivity contribution in [3.8, 4) is 22.2 Å². The molecule has 2 aromatic carbocycles. The van der Waals surface area contributed by atoms with Crippen LogP contribution in [0.2, 0.25) is 0 Å². The van der Waals surface area contributed by atoms with Gasteiger partial charge in [0.15, 0.2) is 17.4 Å². The summed E-state index contributed by atoms with van der Waals surface area (Å²) >= 11 is 1.03. The van der Waals surface area contributed by atoms with Gasteiger partial charge < -0.3 is 9.47 Å². The highest BCUT2D eigenvalue weighted by Gasteiger charge is 2.20. The fourth-order valence-corrected chi connectivity index (χ4v) is 3.96. The summed E-state index contributed by atoms with van der Waals surface area (Å²) in [4.78, 5) is 12.5. The average molecular weight is 409 g/mol. The van der Waals surface area contributed by atoms with E-state index in [1.807, 2.05) is 0 Å². The van der Waals surface area contributed by atoms with E-state index < -0.39 is 18.2 Å². The first kappa shape index (κ1) is 18.4. The molecule has 0 aliphatic carbocycles. The Balaban J connectivity index is 1.95. The van der Waals surface area contributed by atoms with Crippen LogP contribution in [0.1, 0.15) is 5.56 Å². The number of hydrogen-bond donors (Lipinski definition) is 0. The standard InChI is InChI=1S/C18H11F4N3O2S/c1-7-3-8(13-11(4-7)24-12(6-23-13)27-18(21)22)17-25-14-9(19)5-10(20)15(26-2)16(14)28-17/h3-6,18H,1-2H3. The molecule has 0 unspecified atom stereocenters. The molecule has 0 aliphatic heterocycles. The van der Waals surface area contributed by atoms with Gasteiger partial charge in [-0.2, -0.15) is 8.78 Å². The normalized spacial score (nSPS) is 11.5. The number of halogens is 4. The van der Waals surface area contributed by atoms with Crippen LogP contribution in [-0.2, 0) is 0 Å². The number of thiazole rings is 1. The topological polar surface area (TPSA) is 57.1 Å². The van der Waals surface area contributed by atoms with Crippen LogP contribution in [0.15, 0.2) is 24.4 Å². The second-order valence-corrected chi connectivity index (χ2v) is 6.84. The Kier molecular flexibility index (Phi) is 4.50. The molecule has 0 saturated carbocycles. The average Bonchev–Trinajstić information content (AvgIpc) is 3.06. The summed E-state index contributed by atoms with van der Waals surface area (Å²) in [6.45, 7) is -1.25. The number of fused-ring (bicyclic) bond motifs is 2. The lowest BCUT2D eigenvalue weighted by molar-refractivity contribution is -0.0528. The molecule has 28 heavy (non-hydrogen) atoms. The van der Waals surface area contributed by atoms with E-state index in [2.05, 4.69) is 19.7 Å². The minimum Gasteiger partial charge on any atom is -0.492 e. The number of aryl methyl sites for hydroxylation is 1. The van der Waals surface area contributed by atoms with Crippen molar-refractivity contribution < 1.29 is 27.0 Å². The van der Waals surface area contributed by atoms with Crippen molar-refractivity contribution in [2.75, 3.05) is 7.11 Å². The minimum atomic E-state index is -3.02. The van der Waals surface area contributed by atoms with E-state index in [0.29, 0.717) is 27.7 Å². The van der Waals surface area contributed by atoms with Gasteiger partial charge in [-0.3, -0.25) is 0 Å². The van der Waals surface area contributed by atoms with Gasteiger partial charge in [0.1, 0.15) is 15.2 Å². The Morgan fingerprint density at radius 1 is 1.04 bits per heavy atom. The molecule has 144 valence electrons. The molecule has 2 heterocycles. The summed E-state index contributed by atoms with van der Waals surface area (Å²) in [5.74, 6) is -2.06. The molecule has 0 radical (unpaired) electrons. The van der Waals surface area contributed by atoms with Crippen molar-refractivity contribution in [2.45, 2.75) is 13.5 Å². The van der Waals surface area contributed by atoms with Crippen molar-refractivity contribution in [3.05, 3.63) is 41.6 Å². The number of nitrogens with zero attached hydrogens (tertiary/aromatic N) is 3. The lowest BCUT2D eigenvalue weighted by atomic mass is 10.1. The maximum atomic E-state index is 14.2. The number of methoxy groups -OCH3 is 1. The van der Waals surface area contributed by atoms with Gasteiger partial charge in [-0.25, -0.2) is 23.7 Å². The van der Waals surface area contributed by atoms with Crippen LogP contribution >= 0.6 is 11.3 Å². The predicted molar refractivity (Wildman–Crippen MR) is 96.0 cm³/mol. The molecule has 0 atom stereocenters. The summed E-state index contributed by atoms with van der Waals surface area (Å²) in [6.07, 6.45) is 1.07. The quantitative estimate of drug-likeness (QED) is 0.439. The summed E-state index contributed by atoms with van der Waals surface area (Å²) in [6, 6.07) is 4.12. The first-order chi connectivity index (χ1) is 13.4. The zero-order valence-corrected chi connectivity index (χ0v) is 15.3. The molecule has 0 aliphatic rings. The van der Waals surface area contributed by atoms with Crippen LogP contribution < -0.4 is 9.47 Å². The summed E-state index contributed by atoms with van der Waals surface area (Å²) in [7, 11) is 1.28. The molecular formula is C18H11F4N3O2S. The first-order valence-electron chi connectivity index (χ1n) is 7.92. The van der Waals surface area contributed by atoms with Gasteiger partial charge in [-0.15, -0.1) is 11.3 Å². The molecule has 10 heteroatoms. The molecule has 0 bridgehead atoms. The van der Waals surface area contributed by atoms with Crippen LogP contribution in [0, 0.1) is 18.6 Å². The largest absolute Gasteiger partial charge is 0.492 e. The highest BCUT2D eigenvalue weighted by Crippen LogP contribution is 2.40. The van der Waals surface area contributed by atoms with E-state index in [1.54, 1.807) is 19.1 Å². The van der Waals surface area contributed by atoms with Gasteiger partial charge in [-0.1, -0.05) is 0 Å². The van der Waals surface area contributed by atoms with Crippen molar-refractivity contribution in [2.24, 2.45) is 0 Å². The van der Waals surface area contributed by atoms with Crippen LogP contribution in [0.5, 0.6) is 11.6 Å². The van der Waals surface area contributed by atoms with Crippen molar-refractivity contribution in [1.29, 1.82) is 0 Å². The number of aromatic nitrogens is 3. The van der Waals surface area contributed by atoms with Crippen LogP contribution in [0.25, 0.3) is 31.8 Å². The number of alkyl halides is 2. The van der Waals surface area contributed by atoms with E-state index >= 15 is 0 Å². The first-order valence-corrected chi connectivity index (χ1v) is 8.74. The SMILES string of the molecule is COc1c(F)cc(F)c2nc(-c3cc(C)cc4nc(OC(F)F)cnc34)sc12. The summed E-state index contributed by atoms with van der Waals surface area (Å²) in [5.41, 5.74) is 1.91. The number of ether oxygens (including phenoxy) is 2. The van der Waals surface area contributed by atoms with Gasteiger partial charge >= 0.3 is 6.61 Å². The van der Waals surface area contributed by atoms with Crippen molar-refractivity contribution in [1.82, 2.24) is 15.0 Å². The third-order valence-corrected chi connectivity index (χ3v) is 5.03. The lowest BCUT2D eigenvalue weighted by Crippen LogP contribution is -2.04. The van der Waals surface area contributed by atoms with Crippen molar-refractivity contribution in [3.63, 3.8) is 0 Å². The van der Waals surface area contributed by atoms with Crippen LogP contribution in [-0.4, -0.2) is 28.7 Å². The van der Waals surface area contributed by atoms with E-state index in [-0.39, 0.29) is 21.8 Å². The Labute approximate surface area is 159 Å². The monoisotopic (exact) mass is 409 g/mol. The molecule has 0 N–H and O–H groups in total. The molecule has 2 aromatic heterocycles. The van der Waals surface area contributed by atoms with E-state index in [1.165, 1.54) is 7.11 Å². The van der Waals surface area contributed by atoms with E-state index in [4.69, 9.17) is 4.74 Å².